The van der Waals surface area contributed by atoms with Crippen LogP contribution in [0.25, 0.3) is 16.8 Å². The molecule has 5 rings (SSSR count). The monoisotopic (exact) mass is 515 g/mol. The quantitative estimate of drug-likeness (QED) is 0.258. The molecule has 200 valence electrons. The van der Waals surface area contributed by atoms with Crippen LogP contribution in [0.3, 0.4) is 0 Å². The number of anilines is 1. The fraction of sp³-hybridized carbons (Fsp3) is 0.367. The fourth-order valence-corrected chi connectivity index (χ4v) is 4.70. The lowest BCUT2D eigenvalue weighted by atomic mass is 9.89. The number of hydrogen-bond acceptors (Lipinski definition) is 5. The highest BCUT2D eigenvalue weighted by Crippen LogP contribution is 2.37. The molecule has 0 radical (unpaired) electrons. The predicted molar refractivity (Wildman–Crippen MR) is 150 cm³/mol. The van der Waals surface area contributed by atoms with Crippen molar-refractivity contribution < 1.29 is 14.6 Å². The molecular weight excluding hydrogens is 478 g/mol. The Balaban J connectivity index is 0.000000368. The largest absolute Gasteiger partial charge is 0.489 e. The average molecular weight is 516 g/mol. The van der Waals surface area contributed by atoms with E-state index in [2.05, 4.69) is 32.9 Å². The molecule has 4 aromatic rings. The van der Waals surface area contributed by atoms with Crippen LogP contribution in [0, 0.1) is 5.92 Å². The highest BCUT2D eigenvalue weighted by molar-refractivity contribution is 5.85. The van der Waals surface area contributed by atoms with E-state index in [1.807, 2.05) is 56.4 Å². The Labute approximate surface area is 223 Å². The van der Waals surface area contributed by atoms with Crippen molar-refractivity contribution in [1.29, 1.82) is 0 Å². The van der Waals surface area contributed by atoms with Gasteiger partial charge in [-0.3, -0.25) is 4.40 Å². The van der Waals surface area contributed by atoms with Gasteiger partial charge in [0.1, 0.15) is 35.2 Å². The number of aromatic nitrogens is 3. The minimum absolute atomic E-state index is 0.395. The molecule has 2 aromatic carbocycles. The molecule has 1 fully saturated rings. The number of ether oxygens (including phenoxy) is 1. The summed E-state index contributed by atoms with van der Waals surface area (Å²) in [5, 5.41) is 10.3. The van der Waals surface area contributed by atoms with E-state index in [4.69, 9.17) is 20.6 Å². The summed E-state index contributed by atoms with van der Waals surface area (Å²) in [4.78, 5) is 19.2. The summed E-state index contributed by atoms with van der Waals surface area (Å²) in [6, 6.07) is 18.3. The van der Waals surface area contributed by atoms with Gasteiger partial charge in [0, 0.05) is 30.4 Å². The lowest BCUT2D eigenvalue weighted by Crippen LogP contribution is -2.24. The number of amides is 1. The Kier molecular flexibility index (Phi) is 9.19. The first-order valence-electron chi connectivity index (χ1n) is 13.3. The summed E-state index contributed by atoms with van der Waals surface area (Å²) < 4.78 is 8.18. The number of nitrogens with two attached hydrogens (primary N) is 1. The zero-order valence-corrected chi connectivity index (χ0v) is 22.1. The molecule has 0 bridgehead atoms. The van der Waals surface area contributed by atoms with Gasteiger partial charge in [-0.2, -0.15) is 0 Å². The van der Waals surface area contributed by atoms with Crippen molar-refractivity contribution in [2.75, 3.05) is 12.3 Å². The number of carboxylic acid groups (broad SMARTS) is 1. The first-order chi connectivity index (χ1) is 18.4. The van der Waals surface area contributed by atoms with Gasteiger partial charge >= 0.3 is 6.09 Å². The number of carbonyl (C=O) groups is 1. The van der Waals surface area contributed by atoms with Crippen LogP contribution in [0.2, 0.25) is 0 Å². The topological polar surface area (TPSA) is 115 Å². The number of nitrogens with one attached hydrogen (secondary N) is 1. The predicted octanol–water partition coefficient (Wildman–Crippen LogP) is 6.52. The van der Waals surface area contributed by atoms with Crippen molar-refractivity contribution in [3.05, 3.63) is 78.4 Å². The summed E-state index contributed by atoms with van der Waals surface area (Å²) in [6.45, 7) is 4.98. The smallest absolute Gasteiger partial charge is 0.404 e. The molecule has 4 N–H and O–H groups in total. The van der Waals surface area contributed by atoms with Crippen LogP contribution < -0.4 is 15.8 Å². The van der Waals surface area contributed by atoms with Gasteiger partial charge in [0.2, 0.25) is 0 Å². The van der Waals surface area contributed by atoms with Crippen molar-refractivity contribution in [3.63, 3.8) is 0 Å². The highest BCUT2D eigenvalue weighted by Gasteiger charge is 2.24. The van der Waals surface area contributed by atoms with Crippen LogP contribution in [0.1, 0.15) is 63.3 Å². The van der Waals surface area contributed by atoms with Crippen molar-refractivity contribution in [3.8, 4) is 17.0 Å². The minimum atomic E-state index is -0.946. The van der Waals surface area contributed by atoms with E-state index in [0.29, 0.717) is 30.8 Å². The summed E-state index contributed by atoms with van der Waals surface area (Å²) >= 11 is 0. The molecular formula is C30H37N5O3. The second-order valence-electron chi connectivity index (χ2n) is 10.1. The first kappa shape index (κ1) is 27.0. The van der Waals surface area contributed by atoms with Crippen molar-refractivity contribution in [1.82, 2.24) is 19.7 Å². The van der Waals surface area contributed by atoms with Gasteiger partial charge in [-0.25, -0.2) is 14.8 Å². The second-order valence-corrected chi connectivity index (χ2v) is 10.1. The van der Waals surface area contributed by atoms with Crippen molar-refractivity contribution in [2.24, 2.45) is 5.92 Å². The molecule has 1 saturated carbocycles. The van der Waals surface area contributed by atoms with Gasteiger partial charge in [-0.05, 0) is 36.5 Å². The Morgan fingerprint density at radius 3 is 2.58 bits per heavy atom. The molecule has 8 nitrogen and oxygen atoms in total. The van der Waals surface area contributed by atoms with E-state index in [-0.39, 0.29) is 0 Å². The molecule has 1 aliphatic carbocycles. The average Bonchev–Trinajstić information content (AvgIpc) is 3.34. The molecule has 1 aliphatic rings. The van der Waals surface area contributed by atoms with E-state index in [9.17, 15) is 4.79 Å². The van der Waals surface area contributed by atoms with Gasteiger partial charge in [0.05, 0.1) is 0 Å². The van der Waals surface area contributed by atoms with Gasteiger partial charge in [0.15, 0.2) is 0 Å². The van der Waals surface area contributed by atoms with Gasteiger partial charge in [0.25, 0.3) is 0 Å². The maximum atomic E-state index is 9.79. The summed E-state index contributed by atoms with van der Waals surface area (Å²) in [6.07, 6.45) is 9.01. The van der Waals surface area contributed by atoms with Crippen LogP contribution in [-0.2, 0) is 6.61 Å². The molecule has 0 atom stereocenters. The SMILES string of the molecule is CC(C)CNC(=O)O.Nc1nccn2c(C3CCCCC3)nc(-c3cccc(OCc4ccccc4)c3)c12. The van der Waals surface area contributed by atoms with Crippen LogP contribution in [0.5, 0.6) is 5.75 Å². The van der Waals surface area contributed by atoms with E-state index >= 15 is 0 Å². The van der Waals surface area contributed by atoms with Crippen LogP contribution in [0.15, 0.2) is 67.0 Å². The maximum absolute atomic E-state index is 9.79. The molecule has 0 unspecified atom stereocenters. The zero-order chi connectivity index (χ0) is 26.9. The number of nitrogen functional groups attached to an aromatic ring is 1. The molecule has 0 saturated heterocycles. The lowest BCUT2D eigenvalue weighted by molar-refractivity contribution is 0.193. The van der Waals surface area contributed by atoms with E-state index in [1.165, 1.54) is 32.1 Å². The van der Waals surface area contributed by atoms with Crippen molar-refractivity contribution >= 4 is 17.4 Å². The molecule has 2 heterocycles. The van der Waals surface area contributed by atoms with Crippen LogP contribution >= 0.6 is 0 Å². The first-order valence-corrected chi connectivity index (χ1v) is 13.3. The number of rotatable bonds is 7. The molecule has 8 heteroatoms. The standard InChI is InChI=1S/C25H26N4O.C5H11NO2/c26-24-23-22(28-25(29(23)15-14-27-24)19-10-5-2-6-11-19)20-12-7-13-21(16-20)30-17-18-8-3-1-4-9-18;1-4(2)3-6-5(7)8/h1,3-4,7-9,12-16,19H,2,5-6,10-11,17H2,(H2,26,27);4,6H,3H2,1-2H3,(H,7,8). The highest BCUT2D eigenvalue weighted by atomic mass is 16.5. The van der Waals surface area contributed by atoms with Gasteiger partial charge in [-0.1, -0.05) is 75.6 Å². The summed E-state index contributed by atoms with van der Waals surface area (Å²) in [5.74, 6) is 3.30. The van der Waals surface area contributed by atoms with Gasteiger partial charge < -0.3 is 20.9 Å². The fourth-order valence-electron chi connectivity index (χ4n) is 4.70. The van der Waals surface area contributed by atoms with E-state index in [0.717, 1.165) is 33.9 Å². The summed E-state index contributed by atoms with van der Waals surface area (Å²) in [7, 11) is 0. The zero-order valence-electron chi connectivity index (χ0n) is 22.1. The summed E-state index contributed by atoms with van der Waals surface area (Å²) in [5.41, 5.74) is 10.2. The molecule has 0 spiro atoms. The van der Waals surface area contributed by atoms with Crippen LogP contribution in [0.4, 0.5) is 10.6 Å². The number of hydrogen-bond donors (Lipinski definition) is 3. The molecule has 0 aliphatic heterocycles. The van der Waals surface area contributed by atoms with Crippen molar-refractivity contribution in [2.45, 2.75) is 58.5 Å². The maximum Gasteiger partial charge on any atom is 0.404 e. The molecule has 2 aromatic heterocycles. The normalized spacial score (nSPS) is 13.7. The Bertz CT molecular complexity index is 1330. The number of benzene rings is 2. The Morgan fingerprint density at radius 2 is 1.89 bits per heavy atom. The number of nitrogens with zero attached hydrogens (tertiary/aromatic N) is 3. The third-order valence-electron chi connectivity index (χ3n) is 6.60. The van der Waals surface area contributed by atoms with E-state index < -0.39 is 6.09 Å². The molecule has 38 heavy (non-hydrogen) atoms. The minimum Gasteiger partial charge on any atom is -0.489 e. The Hall–Kier alpha value is -4.07. The van der Waals surface area contributed by atoms with Crippen LogP contribution in [-0.4, -0.2) is 32.1 Å². The number of fused-ring (bicyclic) bond motifs is 1. The lowest BCUT2D eigenvalue weighted by Gasteiger charge is -2.20. The van der Waals surface area contributed by atoms with Gasteiger partial charge in [-0.15, -0.1) is 0 Å². The van der Waals surface area contributed by atoms with E-state index in [1.54, 1.807) is 6.20 Å². The second kappa shape index (κ2) is 12.9. The third kappa shape index (κ3) is 7.03. The Morgan fingerprint density at radius 1 is 1.13 bits per heavy atom. The third-order valence-corrected chi connectivity index (χ3v) is 6.60. The number of imidazole rings is 1. The molecule has 1 amide bonds.